The molecule has 0 radical (unpaired) electrons. The fourth-order valence-corrected chi connectivity index (χ4v) is 1.60. The molecule has 0 aliphatic rings. The third-order valence-electron chi connectivity index (χ3n) is 2.70. The molecule has 0 aliphatic heterocycles. The summed E-state index contributed by atoms with van der Waals surface area (Å²) in [7, 11) is 0. The smallest absolute Gasteiger partial charge is 0.337 e. The summed E-state index contributed by atoms with van der Waals surface area (Å²) in [4.78, 5) is 22.7. The van der Waals surface area contributed by atoms with Crippen LogP contribution >= 0.6 is 0 Å². The van der Waals surface area contributed by atoms with Crippen molar-refractivity contribution in [3.63, 3.8) is 0 Å². The van der Waals surface area contributed by atoms with E-state index < -0.39 is 23.7 Å². The van der Waals surface area contributed by atoms with Gasteiger partial charge in [0.1, 0.15) is 5.82 Å². The highest BCUT2D eigenvalue weighted by atomic mass is 19.1. The van der Waals surface area contributed by atoms with Crippen LogP contribution in [0, 0.1) is 5.82 Å². The van der Waals surface area contributed by atoms with Crippen molar-refractivity contribution in [3.8, 4) is 0 Å². The summed E-state index contributed by atoms with van der Waals surface area (Å²) in [5.74, 6) is -2.69. The summed E-state index contributed by atoms with van der Waals surface area (Å²) in [5.41, 5.74) is 5.01. The second-order valence-corrected chi connectivity index (χ2v) is 4.21. The second kappa shape index (κ2) is 6.84. The van der Waals surface area contributed by atoms with Crippen LogP contribution in [-0.2, 0) is 4.79 Å². The van der Waals surface area contributed by atoms with Crippen molar-refractivity contribution in [1.29, 1.82) is 0 Å². The highest BCUT2D eigenvalue weighted by Crippen LogP contribution is 2.20. The molecule has 1 aromatic carbocycles. The number of carboxylic acids is 1. The Morgan fingerprint density at radius 3 is 2.74 bits per heavy atom. The largest absolute Gasteiger partial charge is 0.478 e. The molecule has 1 unspecified atom stereocenters. The van der Waals surface area contributed by atoms with Crippen molar-refractivity contribution >= 4 is 17.6 Å². The van der Waals surface area contributed by atoms with Gasteiger partial charge in [-0.15, -0.1) is 0 Å². The number of nitrogens with two attached hydrogens (primary N) is 1. The Bertz CT molecular complexity index is 477. The first-order valence-electron chi connectivity index (χ1n) is 6.05. The van der Waals surface area contributed by atoms with Gasteiger partial charge in [-0.2, -0.15) is 0 Å². The highest BCUT2D eigenvalue weighted by Gasteiger charge is 2.19. The van der Waals surface area contributed by atoms with E-state index in [2.05, 4.69) is 5.32 Å². The van der Waals surface area contributed by atoms with Crippen LogP contribution in [0.4, 0.5) is 10.1 Å². The lowest BCUT2D eigenvalue weighted by Crippen LogP contribution is -2.36. The molecule has 0 aromatic heterocycles. The monoisotopic (exact) mass is 268 g/mol. The second-order valence-electron chi connectivity index (χ2n) is 4.21. The first kappa shape index (κ1) is 15.1. The van der Waals surface area contributed by atoms with Crippen LogP contribution in [0.2, 0.25) is 0 Å². The predicted molar refractivity (Wildman–Crippen MR) is 69.5 cm³/mol. The number of carbonyl (C=O) groups is 2. The third kappa shape index (κ3) is 4.03. The first-order valence-corrected chi connectivity index (χ1v) is 6.05. The third-order valence-corrected chi connectivity index (χ3v) is 2.70. The number of aromatic carboxylic acids is 1. The van der Waals surface area contributed by atoms with Crippen LogP contribution in [0.25, 0.3) is 0 Å². The number of carboxylic acid groups (broad SMARTS) is 1. The van der Waals surface area contributed by atoms with Crippen molar-refractivity contribution in [1.82, 2.24) is 0 Å². The number of halogens is 1. The zero-order chi connectivity index (χ0) is 14.4. The molecule has 0 aliphatic carbocycles. The molecule has 5 nitrogen and oxygen atoms in total. The average molecular weight is 268 g/mol. The van der Waals surface area contributed by atoms with E-state index in [-0.39, 0.29) is 11.3 Å². The molecule has 0 heterocycles. The zero-order valence-corrected chi connectivity index (χ0v) is 10.6. The summed E-state index contributed by atoms with van der Waals surface area (Å²) in [6.07, 6.45) is 2.14. The van der Waals surface area contributed by atoms with Gasteiger partial charge in [-0.3, -0.25) is 4.79 Å². The van der Waals surface area contributed by atoms with E-state index in [4.69, 9.17) is 10.8 Å². The van der Waals surface area contributed by atoms with Gasteiger partial charge in [0.25, 0.3) is 0 Å². The minimum Gasteiger partial charge on any atom is -0.478 e. The van der Waals surface area contributed by atoms with Gasteiger partial charge in [-0.1, -0.05) is 25.8 Å². The molecule has 0 bridgehead atoms. The summed E-state index contributed by atoms with van der Waals surface area (Å²) in [6.45, 7) is 1.96. The van der Waals surface area contributed by atoms with Crippen molar-refractivity contribution in [2.24, 2.45) is 5.73 Å². The fraction of sp³-hybridized carbons (Fsp3) is 0.385. The van der Waals surface area contributed by atoms with Gasteiger partial charge in [0.15, 0.2) is 0 Å². The number of hydrogen-bond donors (Lipinski definition) is 3. The molecular formula is C13H17FN2O3. The Kier molecular flexibility index (Phi) is 5.44. The Hall–Kier alpha value is -1.95. The number of benzene rings is 1. The number of unbranched alkanes of at least 4 members (excludes halogenated alkanes) is 1. The number of rotatable bonds is 6. The lowest BCUT2D eigenvalue weighted by Gasteiger charge is -2.13. The van der Waals surface area contributed by atoms with Gasteiger partial charge in [0.2, 0.25) is 5.91 Å². The molecule has 0 fully saturated rings. The van der Waals surface area contributed by atoms with Crippen LogP contribution in [0.15, 0.2) is 18.2 Å². The topological polar surface area (TPSA) is 92.4 Å². The Balaban J connectivity index is 2.87. The lowest BCUT2D eigenvalue weighted by molar-refractivity contribution is -0.117. The summed E-state index contributed by atoms with van der Waals surface area (Å²) < 4.78 is 13.6. The minimum absolute atomic E-state index is 0.295. The highest BCUT2D eigenvalue weighted by molar-refractivity contribution is 6.02. The van der Waals surface area contributed by atoms with Gasteiger partial charge in [0.05, 0.1) is 17.3 Å². The number of anilines is 1. The maximum Gasteiger partial charge on any atom is 0.337 e. The molecule has 1 aromatic rings. The van der Waals surface area contributed by atoms with Crippen molar-refractivity contribution in [2.75, 3.05) is 5.32 Å². The van der Waals surface area contributed by atoms with Crippen LogP contribution in [0.1, 0.15) is 36.5 Å². The molecule has 1 amide bonds. The fourth-order valence-electron chi connectivity index (χ4n) is 1.60. The number of hydrogen-bond acceptors (Lipinski definition) is 3. The molecule has 0 spiro atoms. The molecule has 0 saturated heterocycles. The van der Waals surface area contributed by atoms with Gasteiger partial charge >= 0.3 is 5.97 Å². The van der Waals surface area contributed by atoms with Crippen LogP contribution in [-0.4, -0.2) is 23.0 Å². The Morgan fingerprint density at radius 2 is 2.16 bits per heavy atom. The predicted octanol–water partition coefficient (Wildman–Crippen LogP) is 1.98. The van der Waals surface area contributed by atoms with Gasteiger partial charge in [0, 0.05) is 0 Å². The molecule has 1 rings (SSSR count). The zero-order valence-electron chi connectivity index (χ0n) is 10.6. The van der Waals surface area contributed by atoms with Crippen molar-refractivity contribution in [2.45, 2.75) is 32.2 Å². The molecule has 19 heavy (non-hydrogen) atoms. The van der Waals surface area contributed by atoms with Crippen molar-refractivity contribution in [3.05, 3.63) is 29.6 Å². The van der Waals surface area contributed by atoms with E-state index in [9.17, 15) is 14.0 Å². The van der Waals surface area contributed by atoms with Gasteiger partial charge < -0.3 is 16.2 Å². The van der Waals surface area contributed by atoms with Gasteiger partial charge in [-0.05, 0) is 18.6 Å². The average Bonchev–Trinajstić information content (AvgIpc) is 2.37. The number of para-hydroxylation sites is 1. The maximum atomic E-state index is 13.6. The summed E-state index contributed by atoms with van der Waals surface area (Å²) >= 11 is 0. The van der Waals surface area contributed by atoms with E-state index in [1.165, 1.54) is 12.1 Å². The maximum absolute atomic E-state index is 13.6. The number of carbonyl (C=O) groups excluding carboxylic acids is 1. The van der Waals surface area contributed by atoms with E-state index >= 15 is 0 Å². The number of nitrogens with one attached hydrogen (secondary N) is 1. The van der Waals surface area contributed by atoms with E-state index in [1.54, 1.807) is 0 Å². The standard InChI is InChI=1S/C13H17FN2O3/c1-2-3-7-10(15)12(17)16-11-8(13(18)19)5-4-6-9(11)14/h4-6,10H,2-3,7,15H2,1H3,(H,16,17)(H,18,19). The minimum atomic E-state index is -1.31. The lowest BCUT2D eigenvalue weighted by atomic mass is 10.1. The van der Waals surface area contributed by atoms with Crippen LogP contribution in [0.5, 0.6) is 0 Å². The van der Waals surface area contributed by atoms with E-state index in [1.807, 2.05) is 6.92 Å². The normalized spacial score (nSPS) is 11.9. The molecule has 4 N–H and O–H groups in total. The summed E-state index contributed by atoms with van der Waals surface area (Å²) in [6, 6.07) is 2.80. The van der Waals surface area contributed by atoms with Crippen LogP contribution in [0.3, 0.4) is 0 Å². The Morgan fingerprint density at radius 1 is 1.47 bits per heavy atom. The van der Waals surface area contributed by atoms with Crippen LogP contribution < -0.4 is 11.1 Å². The molecule has 0 saturated carbocycles. The van der Waals surface area contributed by atoms with E-state index in [0.29, 0.717) is 6.42 Å². The van der Waals surface area contributed by atoms with Gasteiger partial charge in [-0.25, -0.2) is 9.18 Å². The first-order chi connectivity index (χ1) is 8.97. The Labute approximate surface area is 110 Å². The van der Waals surface area contributed by atoms with E-state index in [0.717, 1.165) is 18.9 Å². The summed E-state index contributed by atoms with van der Waals surface area (Å²) in [5, 5.41) is 11.2. The molecule has 104 valence electrons. The molecule has 6 heteroatoms. The molecule has 1 atom stereocenters. The van der Waals surface area contributed by atoms with Crippen molar-refractivity contribution < 1.29 is 19.1 Å². The quantitative estimate of drug-likeness (QED) is 0.735. The molecular weight excluding hydrogens is 251 g/mol. The SMILES string of the molecule is CCCCC(N)C(=O)Nc1c(F)cccc1C(=O)O. The number of amides is 1.